The van der Waals surface area contributed by atoms with Crippen LogP contribution in [0.3, 0.4) is 0 Å². The Morgan fingerprint density at radius 2 is 2.05 bits per heavy atom. The number of benzene rings is 1. The molecule has 1 aromatic rings. The summed E-state index contributed by atoms with van der Waals surface area (Å²) >= 11 is 3.41. The van der Waals surface area contributed by atoms with Gasteiger partial charge in [-0.3, -0.25) is 0 Å². The highest BCUT2D eigenvalue weighted by molar-refractivity contribution is 9.10. The summed E-state index contributed by atoms with van der Waals surface area (Å²) in [5, 5.41) is 4.97. The number of rotatable bonds is 8. The molecule has 0 aliphatic heterocycles. The summed E-state index contributed by atoms with van der Waals surface area (Å²) in [6.07, 6.45) is 1.32. The van der Waals surface area contributed by atoms with Crippen molar-refractivity contribution in [2.45, 2.75) is 19.8 Å². The molecule has 0 aliphatic carbocycles. The number of sulfonamides is 1. The highest BCUT2D eigenvalue weighted by Crippen LogP contribution is 2.29. The Morgan fingerprint density at radius 3 is 2.60 bits per heavy atom. The molecule has 1 aromatic carbocycles. The van der Waals surface area contributed by atoms with Crippen molar-refractivity contribution in [1.29, 1.82) is 0 Å². The first-order chi connectivity index (χ1) is 9.31. The van der Waals surface area contributed by atoms with Crippen LogP contribution in [-0.4, -0.2) is 27.9 Å². The average Bonchev–Trinajstić information content (AvgIpc) is 2.37. The van der Waals surface area contributed by atoms with Crippen LogP contribution in [0.25, 0.3) is 0 Å². The van der Waals surface area contributed by atoms with Crippen molar-refractivity contribution >= 4 is 26.0 Å². The number of hydrogen-bond donors (Lipinski definition) is 1. The molecule has 1 rings (SSSR count). The van der Waals surface area contributed by atoms with Gasteiger partial charge in [-0.1, -0.05) is 6.92 Å². The molecule has 20 heavy (non-hydrogen) atoms. The van der Waals surface area contributed by atoms with Gasteiger partial charge in [-0.25, -0.2) is 13.6 Å². The Kier molecular flexibility index (Phi) is 6.78. The molecule has 0 aliphatic rings. The van der Waals surface area contributed by atoms with Crippen LogP contribution in [0, 0.1) is 5.92 Å². The van der Waals surface area contributed by atoms with Crippen molar-refractivity contribution in [2.75, 3.05) is 19.5 Å². The molecule has 2 N–H and O–H groups in total. The molecule has 0 bridgehead atoms. The lowest BCUT2D eigenvalue weighted by molar-refractivity contribution is 0.280. The van der Waals surface area contributed by atoms with Gasteiger partial charge in [-0.15, -0.1) is 0 Å². The molecule has 7 heteroatoms. The first-order valence-corrected chi connectivity index (χ1v) is 8.79. The minimum atomic E-state index is -3.37. The van der Waals surface area contributed by atoms with Crippen LogP contribution in [0.4, 0.5) is 0 Å². The largest absolute Gasteiger partial charge is 0.497 e. The molecular formula is C13H20BrNO4S. The van der Waals surface area contributed by atoms with Gasteiger partial charge in [0.2, 0.25) is 10.0 Å². The summed E-state index contributed by atoms with van der Waals surface area (Å²) in [5.74, 6) is 1.75. The van der Waals surface area contributed by atoms with Gasteiger partial charge in [0.15, 0.2) is 0 Å². The fourth-order valence-electron chi connectivity index (χ4n) is 1.61. The van der Waals surface area contributed by atoms with E-state index in [1.807, 2.05) is 25.1 Å². The van der Waals surface area contributed by atoms with Crippen molar-refractivity contribution in [3.8, 4) is 11.5 Å². The maximum absolute atomic E-state index is 10.9. The topological polar surface area (TPSA) is 78.6 Å². The maximum atomic E-state index is 10.9. The summed E-state index contributed by atoms with van der Waals surface area (Å²) in [4.78, 5) is 0. The SMILES string of the molecule is COc1ccc(OCCC(C)CCS(N)(=O)=O)c(Br)c1. The first kappa shape index (κ1) is 17.3. The van der Waals surface area contributed by atoms with Crippen molar-refractivity contribution in [3.05, 3.63) is 22.7 Å². The molecule has 114 valence electrons. The lowest BCUT2D eigenvalue weighted by Crippen LogP contribution is -2.18. The standard InChI is InChI=1S/C13H20BrNO4S/c1-10(6-8-20(15,16)17)5-7-19-13-4-3-11(18-2)9-12(13)14/h3-4,9-10H,5-8H2,1-2H3,(H2,15,16,17). The van der Waals surface area contributed by atoms with E-state index in [2.05, 4.69) is 15.9 Å². The Hall–Kier alpha value is -0.790. The minimum Gasteiger partial charge on any atom is -0.497 e. The molecule has 0 heterocycles. The Bertz CT molecular complexity index is 533. The van der Waals surface area contributed by atoms with E-state index in [4.69, 9.17) is 14.6 Å². The quantitative estimate of drug-likeness (QED) is 0.767. The van der Waals surface area contributed by atoms with Crippen molar-refractivity contribution in [1.82, 2.24) is 0 Å². The van der Waals surface area contributed by atoms with Crippen molar-refractivity contribution < 1.29 is 17.9 Å². The second-order valence-electron chi connectivity index (χ2n) is 4.69. The fraction of sp³-hybridized carbons (Fsp3) is 0.538. The van der Waals surface area contributed by atoms with Crippen LogP contribution < -0.4 is 14.6 Å². The molecule has 0 saturated heterocycles. The van der Waals surface area contributed by atoms with E-state index in [-0.39, 0.29) is 11.7 Å². The van der Waals surface area contributed by atoms with Gasteiger partial charge < -0.3 is 9.47 Å². The third-order valence-corrected chi connectivity index (χ3v) is 4.33. The van der Waals surface area contributed by atoms with Gasteiger partial charge in [0.25, 0.3) is 0 Å². The zero-order valence-corrected chi connectivity index (χ0v) is 14.0. The second kappa shape index (κ2) is 7.85. The lowest BCUT2D eigenvalue weighted by atomic mass is 10.1. The van der Waals surface area contributed by atoms with Crippen LogP contribution in [0.1, 0.15) is 19.8 Å². The molecule has 1 unspecified atom stereocenters. The molecular weight excluding hydrogens is 346 g/mol. The number of halogens is 1. The molecule has 0 spiro atoms. The number of hydrogen-bond acceptors (Lipinski definition) is 4. The van der Waals surface area contributed by atoms with E-state index < -0.39 is 10.0 Å². The highest BCUT2D eigenvalue weighted by Gasteiger charge is 2.09. The molecule has 0 saturated carbocycles. The number of methoxy groups -OCH3 is 1. The summed E-state index contributed by atoms with van der Waals surface area (Å²) in [7, 11) is -1.77. The van der Waals surface area contributed by atoms with E-state index in [9.17, 15) is 8.42 Å². The Morgan fingerprint density at radius 1 is 1.35 bits per heavy atom. The van der Waals surface area contributed by atoms with E-state index in [0.717, 1.165) is 22.4 Å². The van der Waals surface area contributed by atoms with Crippen LogP contribution in [0.5, 0.6) is 11.5 Å². The fourth-order valence-corrected chi connectivity index (χ4v) is 2.81. The summed E-state index contributed by atoms with van der Waals surface area (Å²) < 4.78 is 33.3. The third-order valence-electron chi connectivity index (χ3n) is 2.90. The van der Waals surface area contributed by atoms with E-state index in [1.54, 1.807) is 7.11 Å². The predicted octanol–water partition coefficient (Wildman–Crippen LogP) is 2.54. The summed E-state index contributed by atoms with van der Waals surface area (Å²) in [5.41, 5.74) is 0. The molecule has 0 fully saturated rings. The summed E-state index contributed by atoms with van der Waals surface area (Å²) in [6.45, 7) is 2.51. The average molecular weight is 366 g/mol. The van der Waals surface area contributed by atoms with Gasteiger partial charge in [0.1, 0.15) is 11.5 Å². The zero-order chi connectivity index (χ0) is 15.2. The number of primary sulfonamides is 1. The van der Waals surface area contributed by atoms with Gasteiger partial charge in [-0.05, 0) is 52.9 Å². The molecule has 0 aromatic heterocycles. The van der Waals surface area contributed by atoms with Crippen molar-refractivity contribution in [2.24, 2.45) is 11.1 Å². The Balaban J connectivity index is 2.37. The van der Waals surface area contributed by atoms with Crippen LogP contribution >= 0.6 is 15.9 Å². The van der Waals surface area contributed by atoms with Crippen LogP contribution in [-0.2, 0) is 10.0 Å². The van der Waals surface area contributed by atoms with Crippen molar-refractivity contribution in [3.63, 3.8) is 0 Å². The van der Waals surface area contributed by atoms with Gasteiger partial charge >= 0.3 is 0 Å². The van der Waals surface area contributed by atoms with Crippen LogP contribution in [0.2, 0.25) is 0 Å². The second-order valence-corrected chi connectivity index (χ2v) is 7.28. The van der Waals surface area contributed by atoms with Crippen LogP contribution in [0.15, 0.2) is 22.7 Å². The zero-order valence-electron chi connectivity index (χ0n) is 11.6. The molecule has 5 nitrogen and oxygen atoms in total. The van der Waals surface area contributed by atoms with Gasteiger partial charge in [0, 0.05) is 0 Å². The van der Waals surface area contributed by atoms with Gasteiger partial charge in [-0.2, -0.15) is 0 Å². The molecule has 1 atom stereocenters. The lowest BCUT2D eigenvalue weighted by Gasteiger charge is -2.13. The third kappa shape index (κ3) is 6.58. The normalized spacial score (nSPS) is 13.0. The van der Waals surface area contributed by atoms with E-state index >= 15 is 0 Å². The minimum absolute atomic E-state index is 0.0143. The first-order valence-electron chi connectivity index (χ1n) is 6.28. The molecule has 0 radical (unpaired) electrons. The Labute approximate surface area is 128 Å². The maximum Gasteiger partial charge on any atom is 0.209 e. The van der Waals surface area contributed by atoms with Gasteiger partial charge in [0.05, 0.1) is 23.9 Å². The predicted molar refractivity (Wildman–Crippen MR) is 82.6 cm³/mol. The highest BCUT2D eigenvalue weighted by atomic mass is 79.9. The monoisotopic (exact) mass is 365 g/mol. The van der Waals surface area contributed by atoms with E-state index in [0.29, 0.717) is 13.0 Å². The smallest absolute Gasteiger partial charge is 0.209 e. The number of nitrogens with two attached hydrogens (primary N) is 1. The number of ether oxygens (including phenoxy) is 2. The van der Waals surface area contributed by atoms with E-state index in [1.165, 1.54) is 0 Å². The molecule has 0 amide bonds. The summed E-state index contributed by atoms with van der Waals surface area (Å²) in [6, 6.07) is 5.49.